The van der Waals surface area contributed by atoms with Gasteiger partial charge in [0.1, 0.15) is 17.2 Å². The highest BCUT2D eigenvalue weighted by molar-refractivity contribution is 7.13. The number of hydrogen-bond acceptors (Lipinski definition) is 5. The number of carbonyl (C=O) groups is 1. The van der Waals surface area contributed by atoms with Gasteiger partial charge in [-0.1, -0.05) is 6.07 Å². The van der Waals surface area contributed by atoms with Crippen LogP contribution in [0, 0.1) is 0 Å². The lowest BCUT2D eigenvalue weighted by atomic mass is 9.96. The van der Waals surface area contributed by atoms with E-state index in [1.807, 2.05) is 0 Å². The molecule has 1 fully saturated rings. The minimum absolute atomic E-state index is 0.125. The third kappa shape index (κ3) is 3.77. The number of alkyl halides is 3. The predicted molar refractivity (Wildman–Crippen MR) is 96.8 cm³/mol. The second-order valence-corrected chi connectivity index (χ2v) is 7.48. The molecule has 1 amide bonds. The fourth-order valence-electron chi connectivity index (χ4n) is 3.26. The maximum absolute atomic E-state index is 13.4. The van der Waals surface area contributed by atoms with Crippen molar-refractivity contribution in [3.8, 4) is 10.6 Å². The van der Waals surface area contributed by atoms with E-state index in [1.165, 1.54) is 17.5 Å². The number of piperidine rings is 1. The Bertz CT molecular complexity index is 956. The SMILES string of the molecule is O=C(c1ccn[nH]1)N1CCC[C@@H](c2nc(-c3cccs3)cc(C(F)(F)F)n2)C1. The molecule has 0 radical (unpaired) electrons. The summed E-state index contributed by atoms with van der Waals surface area (Å²) >= 11 is 1.32. The van der Waals surface area contributed by atoms with Gasteiger partial charge in [0, 0.05) is 25.2 Å². The van der Waals surface area contributed by atoms with Gasteiger partial charge >= 0.3 is 6.18 Å². The van der Waals surface area contributed by atoms with E-state index in [0.29, 0.717) is 30.0 Å². The van der Waals surface area contributed by atoms with Crippen LogP contribution in [0.4, 0.5) is 13.2 Å². The van der Waals surface area contributed by atoms with Crippen LogP contribution in [0.3, 0.4) is 0 Å². The van der Waals surface area contributed by atoms with Crippen molar-refractivity contribution in [2.75, 3.05) is 13.1 Å². The van der Waals surface area contributed by atoms with Gasteiger partial charge in [-0.3, -0.25) is 9.89 Å². The number of carbonyl (C=O) groups excluding carboxylic acids is 1. The van der Waals surface area contributed by atoms with Crippen LogP contribution in [0.1, 0.15) is 40.8 Å². The van der Waals surface area contributed by atoms with Crippen LogP contribution in [-0.2, 0) is 6.18 Å². The molecule has 6 nitrogen and oxygen atoms in total. The molecule has 28 heavy (non-hydrogen) atoms. The summed E-state index contributed by atoms with van der Waals surface area (Å²) in [7, 11) is 0. The number of nitrogens with one attached hydrogen (secondary N) is 1. The lowest BCUT2D eigenvalue weighted by Crippen LogP contribution is -2.39. The van der Waals surface area contributed by atoms with E-state index in [1.54, 1.807) is 28.5 Å². The van der Waals surface area contributed by atoms with Crippen molar-refractivity contribution >= 4 is 17.2 Å². The first kappa shape index (κ1) is 18.6. The van der Waals surface area contributed by atoms with Crippen LogP contribution in [0.15, 0.2) is 35.8 Å². The molecular formula is C18H16F3N5OS. The monoisotopic (exact) mass is 407 g/mol. The maximum Gasteiger partial charge on any atom is 0.433 e. The van der Waals surface area contributed by atoms with Crippen molar-refractivity contribution < 1.29 is 18.0 Å². The first-order valence-electron chi connectivity index (χ1n) is 8.70. The molecule has 0 spiro atoms. The van der Waals surface area contributed by atoms with Crippen LogP contribution in [0.5, 0.6) is 0 Å². The Morgan fingerprint density at radius 2 is 2.14 bits per heavy atom. The van der Waals surface area contributed by atoms with Gasteiger partial charge in [0.15, 0.2) is 0 Å². The largest absolute Gasteiger partial charge is 0.433 e. The minimum atomic E-state index is -4.57. The van der Waals surface area contributed by atoms with Crippen molar-refractivity contribution in [3.05, 3.63) is 53.1 Å². The predicted octanol–water partition coefficient (Wildman–Crippen LogP) is 3.97. The second kappa shape index (κ2) is 7.34. The molecule has 1 aliphatic heterocycles. The molecule has 0 saturated carbocycles. The van der Waals surface area contributed by atoms with Gasteiger partial charge in [-0.25, -0.2) is 9.97 Å². The quantitative estimate of drug-likeness (QED) is 0.713. The zero-order valence-corrected chi connectivity index (χ0v) is 15.4. The molecule has 1 saturated heterocycles. The molecule has 4 rings (SSSR count). The number of likely N-dealkylation sites (tertiary alicyclic amines) is 1. The summed E-state index contributed by atoms with van der Waals surface area (Å²) in [5.74, 6) is -0.463. The summed E-state index contributed by atoms with van der Waals surface area (Å²) < 4.78 is 40.2. The first-order chi connectivity index (χ1) is 13.4. The average Bonchev–Trinajstić information content (AvgIpc) is 3.40. The van der Waals surface area contributed by atoms with Crippen molar-refractivity contribution in [2.24, 2.45) is 0 Å². The Balaban J connectivity index is 1.65. The van der Waals surface area contributed by atoms with E-state index in [9.17, 15) is 18.0 Å². The highest BCUT2D eigenvalue weighted by Crippen LogP contribution is 2.34. The second-order valence-electron chi connectivity index (χ2n) is 6.53. The van der Waals surface area contributed by atoms with Crippen LogP contribution in [0.2, 0.25) is 0 Å². The van der Waals surface area contributed by atoms with Gasteiger partial charge < -0.3 is 4.90 Å². The van der Waals surface area contributed by atoms with Gasteiger partial charge in [0.05, 0.1) is 10.6 Å². The smallest absolute Gasteiger partial charge is 0.337 e. The molecule has 4 heterocycles. The van der Waals surface area contributed by atoms with Gasteiger partial charge in [-0.05, 0) is 36.4 Å². The third-order valence-electron chi connectivity index (χ3n) is 4.61. The summed E-state index contributed by atoms with van der Waals surface area (Å²) in [5.41, 5.74) is -0.354. The van der Waals surface area contributed by atoms with Crippen molar-refractivity contribution in [1.82, 2.24) is 25.1 Å². The summed E-state index contributed by atoms with van der Waals surface area (Å²) in [4.78, 5) is 23.0. The number of thiophene rings is 1. The summed E-state index contributed by atoms with van der Waals surface area (Å²) in [5, 5.41) is 8.19. The van der Waals surface area contributed by atoms with Crippen molar-refractivity contribution in [2.45, 2.75) is 24.9 Å². The van der Waals surface area contributed by atoms with Gasteiger partial charge in [-0.15, -0.1) is 11.3 Å². The highest BCUT2D eigenvalue weighted by Gasteiger charge is 2.35. The lowest BCUT2D eigenvalue weighted by Gasteiger charge is -2.32. The molecular weight excluding hydrogens is 391 g/mol. The van der Waals surface area contributed by atoms with Gasteiger partial charge in [-0.2, -0.15) is 18.3 Å². The minimum Gasteiger partial charge on any atom is -0.337 e. The molecule has 10 heteroatoms. The van der Waals surface area contributed by atoms with E-state index in [2.05, 4.69) is 20.2 Å². The molecule has 1 N–H and O–H groups in total. The zero-order valence-electron chi connectivity index (χ0n) is 14.6. The number of rotatable bonds is 3. The van der Waals surface area contributed by atoms with Crippen molar-refractivity contribution in [1.29, 1.82) is 0 Å². The van der Waals surface area contributed by atoms with E-state index >= 15 is 0 Å². The molecule has 3 aromatic heterocycles. The molecule has 1 aliphatic rings. The average molecular weight is 407 g/mol. The Hall–Kier alpha value is -2.75. The number of aromatic amines is 1. The van der Waals surface area contributed by atoms with E-state index in [0.717, 1.165) is 6.07 Å². The Morgan fingerprint density at radius 1 is 1.29 bits per heavy atom. The van der Waals surface area contributed by atoms with Crippen molar-refractivity contribution in [3.63, 3.8) is 0 Å². The number of nitrogens with zero attached hydrogens (tertiary/aromatic N) is 4. The highest BCUT2D eigenvalue weighted by atomic mass is 32.1. The number of hydrogen-bond donors (Lipinski definition) is 1. The van der Waals surface area contributed by atoms with E-state index in [-0.39, 0.29) is 29.9 Å². The summed E-state index contributed by atoms with van der Waals surface area (Å²) in [6.07, 6.45) is -1.79. The first-order valence-corrected chi connectivity index (χ1v) is 9.58. The molecule has 0 aliphatic carbocycles. The molecule has 1 atom stereocenters. The Morgan fingerprint density at radius 3 is 2.82 bits per heavy atom. The van der Waals surface area contributed by atoms with E-state index < -0.39 is 11.9 Å². The van der Waals surface area contributed by atoms with Gasteiger partial charge in [0.25, 0.3) is 5.91 Å². The lowest BCUT2D eigenvalue weighted by molar-refractivity contribution is -0.141. The molecule has 0 bridgehead atoms. The number of halogens is 3. The fraction of sp³-hybridized carbons (Fsp3) is 0.333. The van der Waals surface area contributed by atoms with E-state index in [4.69, 9.17) is 0 Å². The van der Waals surface area contributed by atoms with Crippen LogP contribution in [-0.4, -0.2) is 44.1 Å². The summed E-state index contributed by atoms with van der Waals surface area (Å²) in [6.45, 7) is 0.800. The zero-order chi connectivity index (χ0) is 19.7. The third-order valence-corrected chi connectivity index (χ3v) is 5.50. The fourth-order valence-corrected chi connectivity index (χ4v) is 3.95. The van der Waals surface area contributed by atoms with Crippen LogP contribution < -0.4 is 0 Å². The maximum atomic E-state index is 13.4. The van der Waals surface area contributed by atoms with Crippen LogP contribution in [0.25, 0.3) is 10.6 Å². The molecule has 0 aromatic carbocycles. The normalized spacial score (nSPS) is 17.7. The molecule has 146 valence electrons. The summed E-state index contributed by atoms with van der Waals surface area (Å²) in [6, 6.07) is 6.04. The molecule has 3 aromatic rings. The Labute approximate surface area is 162 Å². The van der Waals surface area contributed by atoms with Crippen LogP contribution >= 0.6 is 11.3 Å². The standard InChI is InChI=1S/C18H16F3N5OS/c19-18(20,21)15-9-13(14-4-2-8-28-14)23-16(24-15)11-3-1-7-26(10-11)17(27)12-5-6-22-25-12/h2,4-6,8-9,11H,1,3,7,10H2,(H,22,25)/t11-/m1/s1. The topological polar surface area (TPSA) is 74.8 Å². The number of amides is 1. The van der Waals surface area contributed by atoms with Gasteiger partial charge in [0.2, 0.25) is 0 Å². The Kier molecular flexibility index (Phi) is 4.88. The number of H-pyrrole nitrogens is 1. The molecule has 0 unspecified atom stereocenters. The number of aromatic nitrogens is 4.